The third-order valence-electron chi connectivity index (χ3n) is 4.71. The van der Waals surface area contributed by atoms with Crippen molar-refractivity contribution < 1.29 is 4.74 Å². The Labute approximate surface area is 145 Å². The van der Waals surface area contributed by atoms with Gasteiger partial charge in [-0.2, -0.15) is 0 Å². The first-order chi connectivity index (χ1) is 11.7. The van der Waals surface area contributed by atoms with Crippen LogP contribution >= 0.6 is 0 Å². The molecule has 24 heavy (non-hydrogen) atoms. The number of rotatable bonds is 4. The van der Waals surface area contributed by atoms with Crippen LogP contribution in [-0.4, -0.2) is 38.2 Å². The highest BCUT2D eigenvalue weighted by atomic mass is 16.5. The molecule has 1 heterocycles. The summed E-state index contributed by atoms with van der Waals surface area (Å²) in [5, 5.41) is 3.51. The van der Waals surface area contributed by atoms with Gasteiger partial charge in [0.2, 0.25) is 0 Å². The quantitative estimate of drug-likeness (QED) is 0.928. The number of aryl methyl sites for hydroxylation is 2. The molecule has 0 aliphatic carbocycles. The van der Waals surface area contributed by atoms with Gasteiger partial charge in [-0.3, -0.25) is 4.90 Å². The van der Waals surface area contributed by atoms with Crippen molar-refractivity contribution in [2.24, 2.45) is 0 Å². The van der Waals surface area contributed by atoms with Crippen LogP contribution in [0.3, 0.4) is 0 Å². The van der Waals surface area contributed by atoms with Gasteiger partial charge in [-0.25, -0.2) is 0 Å². The number of nitrogens with zero attached hydrogens (tertiary/aromatic N) is 1. The van der Waals surface area contributed by atoms with Gasteiger partial charge in [0.15, 0.2) is 0 Å². The van der Waals surface area contributed by atoms with E-state index in [1.807, 2.05) is 6.07 Å². The first kappa shape index (κ1) is 17.0. The van der Waals surface area contributed by atoms with E-state index in [0.717, 1.165) is 31.9 Å². The molecule has 3 rings (SSSR count). The maximum atomic E-state index is 5.47. The summed E-state index contributed by atoms with van der Waals surface area (Å²) in [5.74, 6) is 0.926. The lowest BCUT2D eigenvalue weighted by Crippen LogP contribution is -2.33. The molecule has 1 fully saturated rings. The van der Waals surface area contributed by atoms with E-state index in [9.17, 15) is 0 Å². The summed E-state index contributed by atoms with van der Waals surface area (Å²) in [6.45, 7) is 8.70. The van der Waals surface area contributed by atoms with Crippen LogP contribution in [0.25, 0.3) is 0 Å². The second-order valence-corrected chi connectivity index (χ2v) is 6.74. The van der Waals surface area contributed by atoms with Gasteiger partial charge in [0.05, 0.1) is 13.2 Å². The molecule has 0 radical (unpaired) electrons. The molecule has 0 saturated carbocycles. The SMILES string of the molecule is COc1cccc(C(c2cc(C)cc(C)c2)N2CCCNCC2)c1. The number of ether oxygens (including phenoxy) is 1. The number of nitrogens with one attached hydrogen (secondary N) is 1. The van der Waals surface area contributed by atoms with Crippen molar-refractivity contribution in [1.29, 1.82) is 0 Å². The minimum atomic E-state index is 0.276. The molecule has 1 saturated heterocycles. The van der Waals surface area contributed by atoms with Crippen molar-refractivity contribution in [1.82, 2.24) is 10.2 Å². The Morgan fingerprint density at radius 1 is 0.958 bits per heavy atom. The van der Waals surface area contributed by atoms with Crippen LogP contribution in [-0.2, 0) is 0 Å². The van der Waals surface area contributed by atoms with Gasteiger partial charge in [-0.05, 0) is 50.1 Å². The predicted octanol–water partition coefficient (Wildman–Crippen LogP) is 3.70. The molecule has 2 aromatic rings. The molecule has 0 bridgehead atoms. The molecule has 0 spiro atoms. The molecule has 128 valence electrons. The fourth-order valence-electron chi connectivity index (χ4n) is 3.72. The molecule has 1 atom stereocenters. The third kappa shape index (κ3) is 3.97. The van der Waals surface area contributed by atoms with E-state index in [0.29, 0.717) is 0 Å². The molecule has 1 aliphatic rings. The Morgan fingerprint density at radius 3 is 2.50 bits per heavy atom. The maximum Gasteiger partial charge on any atom is 0.119 e. The van der Waals surface area contributed by atoms with Gasteiger partial charge in [0, 0.05) is 19.6 Å². The van der Waals surface area contributed by atoms with Crippen molar-refractivity contribution in [3.63, 3.8) is 0 Å². The van der Waals surface area contributed by atoms with Crippen LogP contribution < -0.4 is 10.1 Å². The van der Waals surface area contributed by atoms with Gasteiger partial charge in [0.1, 0.15) is 5.75 Å². The minimum absolute atomic E-state index is 0.276. The molecule has 3 heteroatoms. The van der Waals surface area contributed by atoms with Gasteiger partial charge in [-0.15, -0.1) is 0 Å². The number of hydrogen-bond donors (Lipinski definition) is 1. The summed E-state index contributed by atoms with van der Waals surface area (Å²) < 4.78 is 5.47. The molecule has 0 aromatic heterocycles. The van der Waals surface area contributed by atoms with Crippen LogP contribution in [0.5, 0.6) is 5.75 Å². The van der Waals surface area contributed by atoms with E-state index in [1.165, 1.54) is 28.7 Å². The topological polar surface area (TPSA) is 24.5 Å². The van der Waals surface area contributed by atoms with Crippen LogP contribution in [0, 0.1) is 13.8 Å². The average Bonchev–Trinajstić information content (AvgIpc) is 2.84. The van der Waals surface area contributed by atoms with E-state index in [2.05, 4.69) is 60.5 Å². The maximum absolute atomic E-state index is 5.47. The monoisotopic (exact) mass is 324 g/mol. The lowest BCUT2D eigenvalue weighted by Gasteiger charge is -2.32. The van der Waals surface area contributed by atoms with E-state index < -0.39 is 0 Å². The first-order valence-electron chi connectivity index (χ1n) is 8.84. The van der Waals surface area contributed by atoms with Crippen molar-refractivity contribution in [3.05, 3.63) is 64.7 Å². The highest BCUT2D eigenvalue weighted by Crippen LogP contribution is 2.32. The Hall–Kier alpha value is -1.84. The standard InChI is InChI=1S/C21H28N2O/c1-16-12-17(2)14-19(13-16)21(23-10-5-8-22-9-11-23)18-6-4-7-20(15-18)24-3/h4,6-7,12-15,21-22H,5,8-11H2,1-3H3. The smallest absolute Gasteiger partial charge is 0.119 e. The Bertz CT molecular complexity index is 655. The molecule has 1 N–H and O–H groups in total. The largest absolute Gasteiger partial charge is 0.497 e. The third-order valence-corrected chi connectivity index (χ3v) is 4.71. The molecular formula is C21H28N2O. The summed E-state index contributed by atoms with van der Waals surface area (Å²) in [7, 11) is 1.74. The highest BCUT2D eigenvalue weighted by molar-refractivity contribution is 5.40. The van der Waals surface area contributed by atoms with Gasteiger partial charge >= 0.3 is 0 Å². The second-order valence-electron chi connectivity index (χ2n) is 6.74. The summed E-state index contributed by atoms with van der Waals surface area (Å²) in [6.07, 6.45) is 1.19. The van der Waals surface area contributed by atoms with Crippen molar-refractivity contribution in [3.8, 4) is 5.75 Å². The number of hydrogen-bond acceptors (Lipinski definition) is 3. The van der Waals surface area contributed by atoms with E-state index in [4.69, 9.17) is 4.74 Å². The molecule has 1 aliphatic heterocycles. The van der Waals surface area contributed by atoms with Crippen molar-refractivity contribution in [2.45, 2.75) is 26.3 Å². The van der Waals surface area contributed by atoms with Gasteiger partial charge in [-0.1, -0.05) is 41.5 Å². The summed E-state index contributed by atoms with van der Waals surface area (Å²) in [4.78, 5) is 2.60. The summed E-state index contributed by atoms with van der Waals surface area (Å²) >= 11 is 0. The van der Waals surface area contributed by atoms with Crippen LogP contribution in [0.2, 0.25) is 0 Å². The van der Waals surface area contributed by atoms with Crippen molar-refractivity contribution in [2.75, 3.05) is 33.3 Å². The van der Waals surface area contributed by atoms with Crippen molar-refractivity contribution >= 4 is 0 Å². The van der Waals surface area contributed by atoms with Crippen LogP contribution in [0.1, 0.15) is 34.7 Å². The van der Waals surface area contributed by atoms with Gasteiger partial charge < -0.3 is 10.1 Å². The van der Waals surface area contributed by atoms with E-state index in [1.54, 1.807) is 7.11 Å². The summed E-state index contributed by atoms with van der Waals surface area (Å²) in [6, 6.07) is 15.7. The van der Waals surface area contributed by atoms with Gasteiger partial charge in [0.25, 0.3) is 0 Å². The fourth-order valence-corrected chi connectivity index (χ4v) is 3.72. The number of methoxy groups -OCH3 is 1. The fraction of sp³-hybridized carbons (Fsp3) is 0.429. The first-order valence-corrected chi connectivity index (χ1v) is 8.84. The molecule has 3 nitrogen and oxygen atoms in total. The van der Waals surface area contributed by atoms with Crippen LogP contribution in [0.15, 0.2) is 42.5 Å². The zero-order valence-electron chi connectivity index (χ0n) is 15.0. The van der Waals surface area contributed by atoms with Crippen LogP contribution in [0.4, 0.5) is 0 Å². The molecule has 2 aromatic carbocycles. The molecule has 1 unspecified atom stereocenters. The number of benzene rings is 2. The summed E-state index contributed by atoms with van der Waals surface area (Å²) in [5.41, 5.74) is 5.33. The lowest BCUT2D eigenvalue weighted by atomic mass is 9.94. The minimum Gasteiger partial charge on any atom is -0.497 e. The van der Waals surface area contributed by atoms with E-state index in [-0.39, 0.29) is 6.04 Å². The zero-order chi connectivity index (χ0) is 16.9. The zero-order valence-corrected chi connectivity index (χ0v) is 15.0. The normalized spacial score (nSPS) is 17.3. The molecule has 0 amide bonds. The Morgan fingerprint density at radius 2 is 1.75 bits per heavy atom. The van der Waals surface area contributed by atoms with E-state index >= 15 is 0 Å². The highest BCUT2D eigenvalue weighted by Gasteiger charge is 2.24. The lowest BCUT2D eigenvalue weighted by molar-refractivity contribution is 0.240. The Balaban J connectivity index is 2.05. The second kappa shape index (κ2) is 7.82. The molecular weight excluding hydrogens is 296 g/mol. The predicted molar refractivity (Wildman–Crippen MR) is 99.8 cm³/mol. The Kier molecular flexibility index (Phi) is 5.54. The average molecular weight is 324 g/mol.